The Morgan fingerprint density at radius 3 is 2.54 bits per heavy atom. The molecule has 0 bridgehead atoms. The Balaban J connectivity index is 2.61. The van der Waals surface area contributed by atoms with Crippen LogP contribution in [-0.4, -0.2) is 18.9 Å². The van der Waals surface area contributed by atoms with Crippen molar-refractivity contribution < 1.29 is 9.63 Å². The van der Waals surface area contributed by atoms with Gasteiger partial charge < -0.3 is 0 Å². The molecule has 0 aromatic carbocycles. The zero-order valence-electron chi connectivity index (χ0n) is 7.94. The summed E-state index contributed by atoms with van der Waals surface area (Å²) < 4.78 is 0. The van der Waals surface area contributed by atoms with Gasteiger partial charge >= 0.3 is 0 Å². The number of nitrogens with one attached hydrogen (secondary N) is 1. The van der Waals surface area contributed by atoms with E-state index in [1.807, 2.05) is 0 Å². The van der Waals surface area contributed by atoms with Gasteiger partial charge in [-0.2, -0.15) is 0 Å². The molecular weight excluding hydrogens is 190 g/mol. The molecule has 13 heavy (non-hydrogen) atoms. The van der Waals surface area contributed by atoms with Crippen LogP contribution < -0.4 is 5.48 Å². The molecule has 0 heterocycles. The summed E-state index contributed by atoms with van der Waals surface area (Å²) in [5, 5.41) is 0. The molecule has 0 saturated heterocycles. The number of alkyl halides is 1. The van der Waals surface area contributed by atoms with Gasteiger partial charge in [-0.1, -0.05) is 19.3 Å². The Kier molecular flexibility index (Phi) is 4.00. The largest absolute Gasteiger partial charge is 0.277 e. The SMILES string of the molecule is CONC(=O)C1(CCl)CCCCC1. The molecule has 3 nitrogen and oxygen atoms in total. The molecular formula is C9H16ClNO2. The second kappa shape index (κ2) is 4.82. The number of hydrogen-bond acceptors (Lipinski definition) is 2. The van der Waals surface area contributed by atoms with E-state index in [-0.39, 0.29) is 11.3 Å². The van der Waals surface area contributed by atoms with E-state index >= 15 is 0 Å². The first kappa shape index (κ1) is 10.8. The zero-order chi connectivity index (χ0) is 9.73. The minimum Gasteiger partial charge on any atom is -0.277 e. The number of carbonyl (C=O) groups excluding carboxylic acids is 1. The van der Waals surface area contributed by atoms with E-state index in [2.05, 4.69) is 10.3 Å². The van der Waals surface area contributed by atoms with E-state index in [0.717, 1.165) is 25.7 Å². The Hall–Kier alpha value is -0.280. The lowest BCUT2D eigenvalue weighted by Crippen LogP contribution is -2.43. The van der Waals surface area contributed by atoms with Crippen molar-refractivity contribution in [3.8, 4) is 0 Å². The average Bonchev–Trinajstić information content (AvgIpc) is 2.19. The number of halogens is 1. The first-order valence-electron chi connectivity index (χ1n) is 4.64. The van der Waals surface area contributed by atoms with E-state index in [1.165, 1.54) is 13.5 Å². The van der Waals surface area contributed by atoms with Crippen molar-refractivity contribution in [3.05, 3.63) is 0 Å². The second-order valence-corrected chi connectivity index (χ2v) is 3.88. The molecule has 76 valence electrons. The highest BCUT2D eigenvalue weighted by molar-refractivity contribution is 6.20. The van der Waals surface area contributed by atoms with Crippen LogP contribution in [0.5, 0.6) is 0 Å². The van der Waals surface area contributed by atoms with E-state index in [9.17, 15) is 4.79 Å². The number of hydroxylamine groups is 1. The van der Waals surface area contributed by atoms with E-state index < -0.39 is 0 Å². The van der Waals surface area contributed by atoms with Gasteiger partial charge in [-0.25, -0.2) is 5.48 Å². The number of rotatable bonds is 3. The van der Waals surface area contributed by atoms with Crippen LogP contribution in [0.3, 0.4) is 0 Å². The molecule has 1 aliphatic carbocycles. The normalized spacial score (nSPS) is 21.1. The van der Waals surface area contributed by atoms with Gasteiger partial charge in [0.15, 0.2) is 0 Å². The van der Waals surface area contributed by atoms with E-state index in [4.69, 9.17) is 11.6 Å². The molecule has 1 amide bonds. The summed E-state index contributed by atoms with van der Waals surface area (Å²) in [7, 11) is 1.45. The van der Waals surface area contributed by atoms with Crippen molar-refractivity contribution in [1.82, 2.24) is 5.48 Å². The summed E-state index contributed by atoms with van der Waals surface area (Å²) in [4.78, 5) is 16.3. The maximum atomic E-state index is 11.6. The second-order valence-electron chi connectivity index (χ2n) is 3.61. The van der Waals surface area contributed by atoms with Gasteiger partial charge in [-0.3, -0.25) is 9.63 Å². The van der Waals surface area contributed by atoms with Crippen molar-refractivity contribution >= 4 is 17.5 Å². The summed E-state index contributed by atoms with van der Waals surface area (Å²) in [6.07, 6.45) is 5.14. The lowest BCUT2D eigenvalue weighted by Gasteiger charge is -2.33. The molecule has 0 radical (unpaired) electrons. The van der Waals surface area contributed by atoms with Gasteiger partial charge in [0.25, 0.3) is 5.91 Å². The van der Waals surface area contributed by atoms with Gasteiger partial charge in [-0.15, -0.1) is 11.6 Å². The van der Waals surface area contributed by atoms with E-state index in [0.29, 0.717) is 5.88 Å². The third kappa shape index (κ3) is 2.35. The number of carbonyl (C=O) groups is 1. The Bertz CT molecular complexity index is 178. The predicted octanol–water partition coefficient (Wildman–Crippen LogP) is 1.85. The fraction of sp³-hybridized carbons (Fsp3) is 0.889. The minimum absolute atomic E-state index is 0.0651. The van der Waals surface area contributed by atoms with Crippen LogP contribution in [-0.2, 0) is 9.63 Å². The molecule has 0 atom stereocenters. The molecule has 0 spiro atoms. The molecule has 1 saturated carbocycles. The first-order valence-corrected chi connectivity index (χ1v) is 5.18. The zero-order valence-corrected chi connectivity index (χ0v) is 8.69. The first-order chi connectivity index (χ1) is 6.25. The molecule has 1 fully saturated rings. The number of amides is 1. The van der Waals surface area contributed by atoms with Crippen molar-refractivity contribution in [2.75, 3.05) is 13.0 Å². The van der Waals surface area contributed by atoms with Gasteiger partial charge in [0.2, 0.25) is 0 Å². The van der Waals surface area contributed by atoms with Crippen LogP contribution >= 0.6 is 11.6 Å². The van der Waals surface area contributed by atoms with Crippen LogP contribution in [0.1, 0.15) is 32.1 Å². The van der Waals surface area contributed by atoms with Crippen LogP contribution in [0.4, 0.5) is 0 Å². The highest BCUT2D eigenvalue weighted by Gasteiger charge is 2.38. The summed E-state index contributed by atoms with van der Waals surface area (Å²) >= 11 is 5.85. The Morgan fingerprint density at radius 2 is 2.08 bits per heavy atom. The van der Waals surface area contributed by atoms with Crippen LogP contribution in [0.25, 0.3) is 0 Å². The summed E-state index contributed by atoms with van der Waals surface area (Å²) in [6, 6.07) is 0. The molecule has 0 aromatic rings. The summed E-state index contributed by atoms with van der Waals surface area (Å²) in [5.74, 6) is 0.326. The van der Waals surface area contributed by atoms with Gasteiger partial charge in [0.1, 0.15) is 0 Å². The van der Waals surface area contributed by atoms with Crippen LogP contribution in [0.2, 0.25) is 0 Å². The summed E-state index contributed by atoms with van der Waals surface area (Å²) in [6.45, 7) is 0. The monoisotopic (exact) mass is 205 g/mol. The third-order valence-corrected chi connectivity index (χ3v) is 3.25. The number of hydrogen-bond donors (Lipinski definition) is 1. The molecule has 1 rings (SSSR count). The molecule has 1 N–H and O–H groups in total. The third-order valence-electron chi connectivity index (χ3n) is 2.74. The Morgan fingerprint density at radius 1 is 1.46 bits per heavy atom. The van der Waals surface area contributed by atoms with Gasteiger partial charge in [0, 0.05) is 5.88 Å². The predicted molar refractivity (Wildman–Crippen MR) is 51.4 cm³/mol. The Labute approximate surface area is 83.7 Å². The highest BCUT2D eigenvalue weighted by atomic mass is 35.5. The van der Waals surface area contributed by atoms with Gasteiger partial charge in [-0.05, 0) is 12.8 Å². The molecule has 1 aliphatic rings. The maximum absolute atomic E-state index is 11.6. The average molecular weight is 206 g/mol. The maximum Gasteiger partial charge on any atom is 0.250 e. The molecule has 0 aliphatic heterocycles. The highest BCUT2D eigenvalue weighted by Crippen LogP contribution is 2.37. The lowest BCUT2D eigenvalue weighted by molar-refractivity contribution is -0.142. The van der Waals surface area contributed by atoms with E-state index in [1.54, 1.807) is 0 Å². The topological polar surface area (TPSA) is 38.3 Å². The van der Waals surface area contributed by atoms with Crippen molar-refractivity contribution in [1.29, 1.82) is 0 Å². The van der Waals surface area contributed by atoms with Crippen LogP contribution in [0, 0.1) is 5.41 Å². The molecule has 0 unspecified atom stereocenters. The minimum atomic E-state index is -0.379. The molecule has 0 aromatic heterocycles. The molecule has 4 heteroatoms. The summed E-state index contributed by atoms with van der Waals surface area (Å²) in [5.41, 5.74) is 2.00. The van der Waals surface area contributed by atoms with Crippen molar-refractivity contribution in [2.24, 2.45) is 5.41 Å². The van der Waals surface area contributed by atoms with Crippen molar-refractivity contribution in [2.45, 2.75) is 32.1 Å². The standard InChI is InChI=1S/C9H16ClNO2/c1-13-11-8(12)9(7-10)5-3-2-4-6-9/h2-7H2,1H3,(H,11,12). The fourth-order valence-electron chi connectivity index (χ4n) is 1.85. The quantitative estimate of drug-likeness (QED) is 0.564. The smallest absolute Gasteiger partial charge is 0.250 e. The van der Waals surface area contributed by atoms with Crippen molar-refractivity contribution in [3.63, 3.8) is 0 Å². The fourth-order valence-corrected chi connectivity index (χ4v) is 2.24. The van der Waals surface area contributed by atoms with Crippen LogP contribution in [0.15, 0.2) is 0 Å². The lowest BCUT2D eigenvalue weighted by atomic mass is 9.75. The van der Waals surface area contributed by atoms with Gasteiger partial charge in [0.05, 0.1) is 12.5 Å².